The van der Waals surface area contributed by atoms with E-state index in [0.29, 0.717) is 6.61 Å². The van der Waals surface area contributed by atoms with Crippen molar-refractivity contribution in [1.82, 2.24) is 14.9 Å². The summed E-state index contributed by atoms with van der Waals surface area (Å²) in [4.78, 5) is 4.06. The zero-order chi connectivity index (χ0) is 14.2. The average molecular weight is 275 g/mol. The van der Waals surface area contributed by atoms with Gasteiger partial charge in [-0.15, -0.1) is 0 Å². The Labute approximate surface area is 119 Å². The summed E-state index contributed by atoms with van der Waals surface area (Å²) in [7, 11) is 3.66. The van der Waals surface area contributed by atoms with Gasteiger partial charge in [-0.3, -0.25) is 0 Å². The molecule has 1 aromatic heterocycles. The molecule has 0 saturated carbocycles. The van der Waals surface area contributed by atoms with Gasteiger partial charge in [-0.25, -0.2) is 4.98 Å². The molecule has 0 saturated heterocycles. The molecule has 2 rings (SSSR count). The molecule has 0 bridgehead atoms. The van der Waals surface area contributed by atoms with E-state index in [4.69, 9.17) is 9.47 Å². The maximum absolute atomic E-state index is 5.73. The smallest absolute Gasteiger partial charge is 0.130 e. The minimum atomic E-state index is 0.530. The van der Waals surface area contributed by atoms with Crippen molar-refractivity contribution in [2.45, 2.75) is 13.2 Å². The zero-order valence-corrected chi connectivity index (χ0v) is 12.0. The minimum absolute atomic E-state index is 0.530. The molecule has 20 heavy (non-hydrogen) atoms. The second kappa shape index (κ2) is 7.67. The molecular formula is C15H21N3O2. The van der Waals surface area contributed by atoms with E-state index >= 15 is 0 Å². The molecule has 2 aromatic rings. The van der Waals surface area contributed by atoms with Crippen LogP contribution < -0.4 is 10.1 Å². The molecule has 0 atom stereocenters. The second-order valence-corrected chi connectivity index (χ2v) is 4.60. The SMILES string of the molecule is COCCNCc1ccc(OCc2cncn2C)cc1. The summed E-state index contributed by atoms with van der Waals surface area (Å²) in [6.07, 6.45) is 3.58. The van der Waals surface area contributed by atoms with Gasteiger partial charge >= 0.3 is 0 Å². The summed E-state index contributed by atoms with van der Waals surface area (Å²) in [6.45, 7) is 2.95. The first kappa shape index (κ1) is 14.6. The van der Waals surface area contributed by atoms with Gasteiger partial charge in [-0.1, -0.05) is 12.1 Å². The van der Waals surface area contributed by atoms with Gasteiger partial charge < -0.3 is 19.4 Å². The highest BCUT2D eigenvalue weighted by Crippen LogP contribution is 2.13. The van der Waals surface area contributed by atoms with Crippen LogP contribution in [0.3, 0.4) is 0 Å². The van der Waals surface area contributed by atoms with Crippen LogP contribution in [-0.2, 0) is 24.9 Å². The van der Waals surface area contributed by atoms with Crippen molar-refractivity contribution in [1.29, 1.82) is 0 Å². The predicted molar refractivity (Wildman–Crippen MR) is 77.6 cm³/mol. The Balaban J connectivity index is 1.78. The van der Waals surface area contributed by atoms with Crippen LogP contribution in [-0.4, -0.2) is 29.8 Å². The molecule has 0 radical (unpaired) electrons. The number of hydrogen-bond donors (Lipinski definition) is 1. The maximum Gasteiger partial charge on any atom is 0.130 e. The van der Waals surface area contributed by atoms with Crippen molar-refractivity contribution in [2.24, 2.45) is 7.05 Å². The summed E-state index contributed by atoms with van der Waals surface area (Å²) in [5, 5.41) is 3.31. The molecular weight excluding hydrogens is 254 g/mol. The van der Waals surface area contributed by atoms with Crippen molar-refractivity contribution in [3.63, 3.8) is 0 Å². The molecule has 1 N–H and O–H groups in total. The first-order valence-corrected chi connectivity index (χ1v) is 6.66. The Morgan fingerprint density at radius 2 is 2.05 bits per heavy atom. The lowest BCUT2D eigenvalue weighted by molar-refractivity contribution is 0.199. The number of rotatable bonds is 8. The maximum atomic E-state index is 5.73. The normalized spacial score (nSPS) is 10.7. The molecule has 5 nitrogen and oxygen atoms in total. The van der Waals surface area contributed by atoms with E-state index in [-0.39, 0.29) is 0 Å². The number of aromatic nitrogens is 2. The Bertz CT molecular complexity index is 508. The quantitative estimate of drug-likeness (QED) is 0.745. The molecule has 1 aromatic carbocycles. The van der Waals surface area contributed by atoms with Gasteiger partial charge in [-0.2, -0.15) is 0 Å². The van der Waals surface area contributed by atoms with Crippen LogP contribution in [0.2, 0.25) is 0 Å². The molecule has 0 amide bonds. The molecule has 1 heterocycles. The molecule has 0 aliphatic rings. The van der Waals surface area contributed by atoms with Crippen molar-refractivity contribution in [2.75, 3.05) is 20.3 Å². The Kier molecular flexibility index (Phi) is 5.58. The second-order valence-electron chi connectivity index (χ2n) is 4.60. The van der Waals surface area contributed by atoms with Gasteiger partial charge in [0.1, 0.15) is 12.4 Å². The van der Waals surface area contributed by atoms with Gasteiger partial charge in [0.15, 0.2) is 0 Å². The van der Waals surface area contributed by atoms with Crippen molar-refractivity contribution in [3.8, 4) is 5.75 Å². The number of imidazole rings is 1. The number of nitrogens with zero attached hydrogens (tertiary/aromatic N) is 2. The van der Waals surface area contributed by atoms with E-state index in [1.54, 1.807) is 13.4 Å². The summed E-state index contributed by atoms with van der Waals surface area (Å²) in [5.41, 5.74) is 2.28. The zero-order valence-electron chi connectivity index (χ0n) is 12.0. The van der Waals surface area contributed by atoms with E-state index in [0.717, 1.165) is 31.1 Å². The number of hydrogen-bond acceptors (Lipinski definition) is 4. The van der Waals surface area contributed by atoms with E-state index in [1.807, 2.05) is 29.9 Å². The van der Waals surface area contributed by atoms with E-state index < -0.39 is 0 Å². The Hall–Kier alpha value is -1.85. The van der Waals surface area contributed by atoms with Gasteiger partial charge in [0, 0.05) is 27.2 Å². The molecule has 108 valence electrons. The van der Waals surface area contributed by atoms with Crippen molar-refractivity contribution >= 4 is 0 Å². The monoisotopic (exact) mass is 275 g/mol. The lowest BCUT2D eigenvalue weighted by Gasteiger charge is -2.08. The number of ether oxygens (including phenoxy) is 2. The van der Waals surface area contributed by atoms with Gasteiger partial charge in [0.25, 0.3) is 0 Å². The predicted octanol–water partition coefficient (Wildman–Crippen LogP) is 1.74. The summed E-state index contributed by atoms with van der Waals surface area (Å²) < 4.78 is 12.7. The fourth-order valence-corrected chi connectivity index (χ4v) is 1.79. The van der Waals surface area contributed by atoms with Crippen LogP contribution in [0.25, 0.3) is 0 Å². The summed E-state index contributed by atoms with van der Waals surface area (Å²) in [6, 6.07) is 8.12. The summed E-state index contributed by atoms with van der Waals surface area (Å²) in [5.74, 6) is 0.867. The first-order chi connectivity index (χ1) is 9.79. The van der Waals surface area contributed by atoms with Crippen LogP contribution in [0.4, 0.5) is 0 Å². The average Bonchev–Trinajstić information content (AvgIpc) is 2.88. The van der Waals surface area contributed by atoms with Crippen molar-refractivity contribution < 1.29 is 9.47 Å². The largest absolute Gasteiger partial charge is 0.487 e. The van der Waals surface area contributed by atoms with Gasteiger partial charge in [0.05, 0.1) is 24.8 Å². The third-order valence-corrected chi connectivity index (χ3v) is 3.04. The Morgan fingerprint density at radius 3 is 2.70 bits per heavy atom. The van der Waals surface area contributed by atoms with Crippen LogP contribution >= 0.6 is 0 Å². The molecule has 0 aliphatic carbocycles. The highest BCUT2D eigenvalue weighted by Gasteiger charge is 2.00. The van der Waals surface area contributed by atoms with Crippen LogP contribution in [0, 0.1) is 0 Å². The minimum Gasteiger partial charge on any atom is -0.487 e. The topological polar surface area (TPSA) is 48.3 Å². The van der Waals surface area contributed by atoms with Gasteiger partial charge in [-0.05, 0) is 17.7 Å². The standard InChI is InChI=1S/C15H21N3O2/c1-18-12-17-10-14(18)11-20-15-5-3-13(4-6-15)9-16-7-8-19-2/h3-6,10,12,16H,7-9,11H2,1-2H3. The van der Waals surface area contributed by atoms with E-state index in [9.17, 15) is 0 Å². The summed E-state index contributed by atoms with van der Waals surface area (Å²) >= 11 is 0. The highest BCUT2D eigenvalue weighted by molar-refractivity contribution is 5.27. The van der Waals surface area contributed by atoms with Crippen LogP contribution in [0.5, 0.6) is 5.75 Å². The Morgan fingerprint density at radius 1 is 1.25 bits per heavy atom. The number of benzene rings is 1. The molecule has 0 spiro atoms. The number of methoxy groups -OCH3 is 1. The third-order valence-electron chi connectivity index (χ3n) is 3.04. The molecule has 0 unspecified atom stereocenters. The fourth-order valence-electron chi connectivity index (χ4n) is 1.79. The highest BCUT2D eigenvalue weighted by atomic mass is 16.5. The number of nitrogens with one attached hydrogen (secondary N) is 1. The first-order valence-electron chi connectivity index (χ1n) is 6.66. The van der Waals surface area contributed by atoms with E-state index in [1.165, 1.54) is 5.56 Å². The van der Waals surface area contributed by atoms with Crippen molar-refractivity contribution in [3.05, 3.63) is 48.0 Å². The molecule has 5 heteroatoms. The van der Waals surface area contributed by atoms with Crippen LogP contribution in [0.1, 0.15) is 11.3 Å². The third kappa shape index (κ3) is 4.36. The molecule has 0 aliphatic heterocycles. The van der Waals surface area contributed by atoms with Crippen LogP contribution in [0.15, 0.2) is 36.8 Å². The fraction of sp³-hybridized carbons (Fsp3) is 0.400. The van der Waals surface area contributed by atoms with Gasteiger partial charge in [0.2, 0.25) is 0 Å². The van der Waals surface area contributed by atoms with E-state index in [2.05, 4.69) is 22.4 Å². The lowest BCUT2D eigenvalue weighted by Crippen LogP contribution is -2.18. The molecule has 0 fully saturated rings. The number of aryl methyl sites for hydroxylation is 1. The lowest BCUT2D eigenvalue weighted by atomic mass is 10.2.